The van der Waals surface area contributed by atoms with Gasteiger partial charge < -0.3 is 4.98 Å². The molecule has 2 aliphatic rings. The van der Waals surface area contributed by atoms with E-state index in [4.69, 9.17) is 0 Å². The predicted octanol–water partition coefficient (Wildman–Crippen LogP) is 1.96. The lowest BCUT2D eigenvalue weighted by molar-refractivity contribution is 0.327. The van der Waals surface area contributed by atoms with Gasteiger partial charge in [0.2, 0.25) is 10.0 Å². The Morgan fingerprint density at radius 3 is 2.62 bits per heavy atom. The maximum absolute atomic E-state index is 13.5. The highest BCUT2D eigenvalue weighted by Gasteiger charge is 2.45. The Labute approximate surface area is 153 Å². The van der Waals surface area contributed by atoms with Crippen molar-refractivity contribution in [1.29, 1.82) is 0 Å². The van der Waals surface area contributed by atoms with Gasteiger partial charge in [-0.05, 0) is 44.2 Å². The van der Waals surface area contributed by atoms with Gasteiger partial charge in [-0.3, -0.25) is 4.79 Å². The molecule has 1 aromatic carbocycles. The molecule has 138 valence electrons. The van der Waals surface area contributed by atoms with E-state index in [0.29, 0.717) is 35.5 Å². The molecule has 6 nitrogen and oxygen atoms in total. The van der Waals surface area contributed by atoms with Crippen LogP contribution >= 0.6 is 0 Å². The van der Waals surface area contributed by atoms with Crippen molar-refractivity contribution in [3.8, 4) is 0 Å². The Hall–Kier alpha value is -1.99. The highest BCUT2D eigenvalue weighted by molar-refractivity contribution is 7.89. The number of benzene rings is 1. The van der Waals surface area contributed by atoms with Gasteiger partial charge in [0, 0.05) is 24.1 Å². The van der Waals surface area contributed by atoms with Gasteiger partial charge in [0.1, 0.15) is 5.82 Å². The number of nitrogens with one attached hydrogen (secondary N) is 1. The molecule has 4 rings (SSSR count). The molecule has 2 atom stereocenters. The van der Waals surface area contributed by atoms with E-state index in [2.05, 4.69) is 9.97 Å². The van der Waals surface area contributed by atoms with Crippen LogP contribution in [0.3, 0.4) is 0 Å². The molecule has 26 heavy (non-hydrogen) atoms. The van der Waals surface area contributed by atoms with Crippen molar-refractivity contribution in [2.75, 3.05) is 0 Å². The average Bonchev–Trinajstić information content (AvgIpc) is 2.91. The molecule has 1 fully saturated rings. The molecule has 7 heteroatoms. The van der Waals surface area contributed by atoms with Crippen LogP contribution in [0, 0.1) is 6.92 Å². The predicted molar refractivity (Wildman–Crippen MR) is 98.7 cm³/mol. The van der Waals surface area contributed by atoms with Crippen molar-refractivity contribution in [2.45, 2.75) is 62.9 Å². The Morgan fingerprint density at radius 2 is 1.88 bits per heavy atom. The summed E-state index contributed by atoms with van der Waals surface area (Å²) in [6.45, 7) is 3.73. The van der Waals surface area contributed by atoms with Gasteiger partial charge in [-0.2, -0.15) is 4.31 Å². The Balaban J connectivity index is 1.80. The van der Waals surface area contributed by atoms with Gasteiger partial charge >= 0.3 is 0 Å². The Bertz CT molecular complexity index is 1010. The van der Waals surface area contributed by atoms with E-state index in [1.807, 2.05) is 19.1 Å². The third-order valence-electron chi connectivity index (χ3n) is 5.55. The highest BCUT2D eigenvalue weighted by Crippen LogP contribution is 2.37. The fourth-order valence-corrected chi connectivity index (χ4v) is 6.55. The molecule has 0 radical (unpaired) electrons. The number of hydrogen-bond acceptors (Lipinski definition) is 4. The van der Waals surface area contributed by atoms with E-state index in [-0.39, 0.29) is 17.6 Å². The van der Waals surface area contributed by atoms with E-state index in [9.17, 15) is 13.2 Å². The van der Waals surface area contributed by atoms with Crippen LogP contribution in [0.4, 0.5) is 0 Å². The summed E-state index contributed by atoms with van der Waals surface area (Å²) in [6.07, 6.45) is 3.20. The smallest absolute Gasteiger partial charge is 0.254 e. The second-order valence-corrected chi connectivity index (χ2v) is 8.98. The van der Waals surface area contributed by atoms with E-state index in [1.165, 1.54) is 0 Å². The van der Waals surface area contributed by atoms with Crippen LogP contribution in [-0.4, -0.2) is 34.8 Å². The first kappa shape index (κ1) is 17.4. The number of hydrogen-bond donors (Lipinski definition) is 1. The van der Waals surface area contributed by atoms with Gasteiger partial charge in [0.15, 0.2) is 0 Å². The molecule has 0 spiro atoms. The fourth-order valence-electron chi connectivity index (χ4n) is 4.38. The number of H-pyrrole nitrogens is 1. The number of fused-ring (bicyclic) bond motifs is 3. The minimum Gasteiger partial charge on any atom is -0.311 e. The van der Waals surface area contributed by atoms with Crippen molar-refractivity contribution in [1.82, 2.24) is 14.3 Å². The third-order valence-corrected chi connectivity index (χ3v) is 7.66. The molecular formula is C19H23N3O3S. The maximum Gasteiger partial charge on any atom is 0.254 e. The SMILES string of the molecule is CCc1ccccc1S(=O)(=O)N1C2CCC1Cc1c(nc(C)[nH]c1=O)C2. The maximum atomic E-state index is 13.5. The van der Waals surface area contributed by atoms with E-state index >= 15 is 0 Å². The summed E-state index contributed by atoms with van der Waals surface area (Å²) in [7, 11) is -3.61. The summed E-state index contributed by atoms with van der Waals surface area (Å²) >= 11 is 0. The topological polar surface area (TPSA) is 83.1 Å². The molecule has 2 aromatic rings. The lowest BCUT2D eigenvalue weighted by atomic mass is 9.98. The monoisotopic (exact) mass is 373 g/mol. The average molecular weight is 373 g/mol. The van der Waals surface area contributed by atoms with Crippen molar-refractivity contribution in [2.24, 2.45) is 0 Å². The Morgan fingerprint density at radius 1 is 1.19 bits per heavy atom. The number of aryl methyl sites for hydroxylation is 2. The molecule has 0 aliphatic carbocycles. The lowest BCUT2D eigenvalue weighted by Crippen LogP contribution is -2.42. The third kappa shape index (κ3) is 2.70. The van der Waals surface area contributed by atoms with Crippen LogP contribution in [-0.2, 0) is 29.3 Å². The van der Waals surface area contributed by atoms with Crippen molar-refractivity contribution >= 4 is 10.0 Å². The molecular weight excluding hydrogens is 350 g/mol. The van der Waals surface area contributed by atoms with Crippen LogP contribution in [0.5, 0.6) is 0 Å². The first-order chi connectivity index (χ1) is 12.4. The van der Waals surface area contributed by atoms with Crippen LogP contribution < -0.4 is 5.56 Å². The molecule has 1 saturated heterocycles. The van der Waals surface area contributed by atoms with E-state index < -0.39 is 10.0 Å². The minimum atomic E-state index is -3.61. The molecule has 0 saturated carbocycles. The summed E-state index contributed by atoms with van der Waals surface area (Å²) in [5, 5.41) is 0. The number of sulfonamides is 1. The van der Waals surface area contributed by atoms with Crippen molar-refractivity contribution in [3.63, 3.8) is 0 Å². The zero-order chi connectivity index (χ0) is 18.5. The lowest BCUT2D eigenvalue weighted by Gasteiger charge is -2.28. The minimum absolute atomic E-state index is 0.133. The highest BCUT2D eigenvalue weighted by atomic mass is 32.2. The summed E-state index contributed by atoms with van der Waals surface area (Å²) in [5.74, 6) is 0.581. The van der Waals surface area contributed by atoms with Gasteiger partial charge in [-0.15, -0.1) is 0 Å². The standard InChI is InChI=1S/C19H23N3O3S/c1-3-13-6-4-5-7-18(13)26(24,25)22-14-8-9-15(22)11-17-16(10-14)19(23)21-12(2)20-17/h4-7,14-15H,3,8-11H2,1-2H3,(H,20,21,23). The quantitative estimate of drug-likeness (QED) is 0.891. The van der Waals surface area contributed by atoms with Gasteiger partial charge in [0.05, 0.1) is 10.6 Å². The molecule has 1 N–H and O–H groups in total. The van der Waals surface area contributed by atoms with Crippen molar-refractivity contribution in [3.05, 3.63) is 57.3 Å². The van der Waals surface area contributed by atoms with Gasteiger partial charge in [0.25, 0.3) is 5.56 Å². The number of aromatic nitrogens is 2. The zero-order valence-corrected chi connectivity index (χ0v) is 15.8. The molecule has 2 aliphatic heterocycles. The largest absolute Gasteiger partial charge is 0.311 e. The number of rotatable bonds is 3. The summed E-state index contributed by atoms with van der Waals surface area (Å²) in [6, 6.07) is 6.90. The molecule has 2 bridgehead atoms. The fraction of sp³-hybridized carbons (Fsp3) is 0.474. The van der Waals surface area contributed by atoms with Gasteiger partial charge in [-0.1, -0.05) is 25.1 Å². The van der Waals surface area contributed by atoms with Crippen LogP contribution in [0.1, 0.15) is 42.4 Å². The number of aromatic amines is 1. The zero-order valence-electron chi connectivity index (χ0n) is 15.0. The molecule has 3 heterocycles. The summed E-state index contributed by atoms with van der Waals surface area (Å²) in [5.41, 5.74) is 2.10. The van der Waals surface area contributed by atoms with E-state index in [1.54, 1.807) is 23.4 Å². The molecule has 1 aromatic heterocycles. The van der Waals surface area contributed by atoms with Crippen molar-refractivity contribution < 1.29 is 8.42 Å². The summed E-state index contributed by atoms with van der Waals surface area (Å²) < 4.78 is 28.7. The first-order valence-corrected chi connectivity index (χ1v) is 10.6. The number of nitrogens with zero attached hydrogens (tertiary/aromatic N) is 2. The molecule has 2 unspecified atom stereocenters. The second-order valence-electron chi connectivity index (χ2n) is 7.17. The second kappa shape index (κ2) is 6.32. The molecule has 0 amide bonds. The van der Waals surface area contributed by atoms with Crippen LogP contribution in [0.15, 0.2) is 34.0 Å². The first-order valence-electron chi connectivity index (χ1n) is 9.12. The van der Waals surface area contributed by atoms with E-state index in [0.717, 1.165) is 24.1 Å². The summed E-state index contributed by atoms with van der Waals surface area (Å²) in [4.78, 5) is 20.0. The van der Waals surface area contributed by atoms with Crippen LogP contribution in [0.25, 0.3) is 0 Å². The normalized spacial score (nSPS) is 22.8. The Kier molecular flexibility index (Phi) is 4.23. The van der Waals surface area contributed by atoms with Crippen LogP contribution in [0.2, 0.25) is 0 Å². The van der Waals surface area contributed by atoms with Gasteiger partial charge in [-0.25, -0.2) is 13.4 Å².